The number of rotatable bonds is 4. The van der Waals surface area contributed by atoms with Crippen LogP contribution in [0, 0.1) is 0 Å². The van der Waals surface area contributed by atoms with Gasteiger partial charge in [0, 0.05) is 22.8 Å². The molecule has 0 amide bonds. The van der Waals surface area contributed by atoms with Gasteiger partial charge in [-0.25, -0.2) is 0 Å². The topological polar surface area (TPSA) is 0 Å². The second-order valence-corrected chi connectivity index (χ2v) is 66.7. The van der Waals surface area contributed by atoms with E-state index in [0.29, 0.717) is 15.1 Å². The molecule has 0 unspecified atom stereocenters. The lowest BCUT2D eigenvalue weighted by Crippen LogP contribution is -2.89. The molecule has 33 heavy (non-hydrogen) atoms. The molecule has 0 radical (unpaired) electrons. The Morgan fingerprint density at radius 1 is 0.545 bits per heavy atom. The molecule has 0 nitrogen and oxygen atoms in total. The van der Waals surface area contributed by atoms with Crippen molar-refractivity contribution in [2.24, 2.45) is 0 Å². The Morgan fingerprint density at radius 3 is 1.00 bits per heavy atom. The predicted octanol–water partition coefficient (Wildman–Crippen LogP) is 10.6. The van der Waals surface area contributed by atoms with Gasteiger partial charge >= 0.3 is 0 Å². The zero-order chi connectivity index (χ0) is 26.9. The van der Waals surface area contributed by atoms with Gasteiger partial charge in [-0.3, -0.25) is 0 Å². The molecule has 0 saturated carbocycles. The van der Waals surface area contributed by atoms with Crippen molar-refractivity contribution in [3.8, 4) is 0 Å². The van der Waals surface area contributed by atoms with E-state index in [9.17, 15) is 0 Å². The van der Waals surface area contributed by atoms with Gasteiger partial charge in [-0.15, -0.1) is 5.70 Å². The van der Waals surface area contributed by atoms with Crippen LogP contribution in [-0.2, 0) is 0 Å². The van der Waals surface area contributed by atoms with Crippen LogP contribution in [0.3, 0.4) is 0 Å². The van der Waals surface area contributed by atoms with E-state index in [1.54, 1.807) is 0 Å². The first kappa shape index (κ1) is 32.1. The molecule has 1 rings (SSSR count). The minimum Gasteiger partial charge on any atom is -0.110 e. The standard InChI is InChI=1S/C27H64Si6/c1-25(2,3)30(14,15)33(31(16,17)26(4,5)6,32(18,19)27(7,8)9)23-24-28(10,11)21-20-22-29(24,12)13/h23H,20-22H2,1-19H3. The smallest absolute Gasteiger partial charge is 0.0703 e. The van der Waals surface area contributed by atoms with Crippen LogP contribution in [0.15, 0.2) is 10.5 Å². The van der Waals surface area contributed by atoms with Crippen molar-refractivity contribution in [2.45, 2.75) is 161 Å². The number of hydrogen-bond donors (Lipinski definition) is 0. The van der Waals surface area contributed by atoms with Crippen LogP contribution in [0.1, 0.15) is 68.7 Å². The van der Waals surface area contributed by atoms with E-state index in [0.717, 1.165) is 0 Å². The fraction of sp³-hybridized carbons (Fsp3) is 0.926. The minimum atomic E-state index is -1.83. The highest BCUT2D eigenvalue weighted by molar-refractivity contribution is 7.92. The van der Waals surface area contributed by atoms with E-state index in [1.807, 2.05) is 0 Å². The van der Waals surface area contributed by atoms with Gasteiger partial charge in [0.15, 0.2) is 0 Å². The van der Waals surface area contributed by atoms with Crippen molar-refractivity contribution in [3.05, 3.63) is 10.5 Å². The lowest BCUT2D eigenvalue weighted by Gasteiger charge is -2.69. The Bertz CT molecular complexity index is 666. The molecule has 196 valence electrons. The third-order valence-electron chi connectivity index (χ3n) is 12.0. The maximum atomic E-state index is 3.36. The Hall–Kier alpha value is 1.04. The third-order valence-corrected chi connectivity index (χ3v) is 100. The molecule has 0 N–H and O–H groups in total. The largest absolute Gasteiger partial charge is 0.110 e. The van der Waals surface area contributed by atoms with E-state index >= 15 is 0 Å². The van der Waals surface area contributed by atoms with Crippen LogP contribution in [0.5, 0.6) is 0 Å². The quantitative estimate of drug-likeness (QED) is 0.302. The molecule has 1 fully saturated rings. The van der Waals surface area contributed by atoms with Crippen LogP contribution in [0.4, 0.5) is 0 Å². The molecular weight excluding hydrogens is 493 g/mol. The summed E-state index contributed by atoms with van der Waals surface area (Å²) in [5.41, 5.74) is 3.36. The average Bonchev–Trinajstić information content (AvgIpc) is 2.49. The van der Waals surface area contributed by atoms with Gasteiger partial charge in [-0.05, 0) is 15.1 Å². The lowest BCUT2D eigenvalue weighted by molar-refractivity contribution is 0.719. The maximum Gasteiger partial charge on any atom is 0.0703 e. The summed E-state index contributed by atoms with van der Waals surface area (Å²) in [4.78, 5) is 2.15. The summed E-state index contributed by atoms with van der Waals surface area (Å²) in [5.74, 6) is 0. The van der Waals surface area contributed by atoms with Gasteiger partial charge in [0.25, 0.3) is 0 Å². The van der Waals surface area contributed by atoms with E-state index in [-0.39, 0.29) is 0 Å². The van der Waals surface area contributed by atoms with Crippen LogP contribution < -0.4 is 0 Å². The van der Waals surface area contributed by atoms with Gasteiger partial charge < -0.3 is 0 Å². The first-order valence-corrected chi connectivity index (χ1v) is 34.3. The van der Waals surface area contributed by atoms with E-state index in [2.05, 4.69) is 138 Å². The molecule has 1 aliphatic rings. The van der Waals surface area contributed by atoms with E-state index < -0.39 is 45.5 Å². The van der Waals surface area contributed by atoms with Gasteiger partial charge in [0.05, 0.1) is 22.8 Å². The predicted molar refractivity (Wildman–Crippen MR) is 175 cm³/mol. The maximum absolute atomic E-state index is 3.36. The van der Waals surface area contributed by atoms with Gasteiger partial charge in [0.1, 0.15) is 0 Å². The summed E-state index contributed by atoms with van der Waals surface area (Å²) in [7, 11) is -7.67. The third kappa shape index (κ3) is 4.97. The molecule has 0 aromatic rings. The van der Waals surface area contributed by atoms with E-state index in [4.69, 9.17) is 0 Å². The fourth-order valence-electron chi connectivity index (χ4n) is 7.42. The number of hydrogen-bond acceptors (Lipinski definition) is 0. The molecule has 1 saturated heterocycles. The van der Waals surface area contributed by atoms with Crippen LogP contribution in [-0.4, -0.2) is 45.5 Å². The minimum absolute atomic E-state index is 0.438. The Morgan fingerprint density at radius 2 is 0.788 bits per heavy atom. The van der Waals surface area contributed by atoms with E-state index in [1.165, 1.54) is 18.5 Å². The van der Waals surface area contributed by atoms with Crippen molar-refractivity contribution in [1.82, 2.24) is 0 Å². The zero-order valence-corrected chi connectivity index (χ0v) is 32.7. The second kappa shape index (κ2) is 8.81. The monoisotopic (exact) mass is 556 g/mol. The van der Waals surface area contributed by atoms with Gasteiger partial charge in [0.2, 0.25) is 0 Å². The lowest BCUT2D eigenvalue weighted by atomic mass is 10.2. The fourth-order valence-corrected chi connectivity index (χ4v) is 127. The summed E-state index contributed by atoms with van der Waals surface area (Å²) in [6, 6.07) is 3.07. The summed E-state index contributed by atoms with van der Waals surface area (Å²) >= 11 is 0. The molecule has 1 heterocycles. The van der Waals surface area contributed by atoms with Crippen molar-refractivity contribution in [2.75, 3.05) is 0 Å². The highest BCUT2D eigenvalue weighted by Gasteiger charge is 2.72. The summed E-state index contributed by atoms with van der Waals surface area (Å²) in [5, 5.41) is 1.31. The normalized spacial score (nSPS) is 21.2. The first-order chi connectivity index (χ1) is 14.0. The Kier molecular flexibility index (Phi) is 8.56. The molecule has 0 aromatic carbocycles. The van der Waals surface area contributed by atoms with Crippen molar-refractivity contribution in [3.63, 3.8) is 0 Å². The average molecular weight is 557 g/mol. The SMILES string of the molecule is CC(C)(C)[Si](C)(C)[Si](C=C1[Si](C)(C)CCC[Si]1(C)C)([Si](C)(C)C(C)(C)C)[Si](C)(C)C(C)(C)C. The Labute approximate surface area is 216 Å². The molecule has 0 aliphatic carbocycles. The van der Waals surface area contributed by atoms with Crippen LogP contribution in [0.25, 0.3) is 0 Å². The van der Waals surface area contributed by atoms with Crippen molar-refractivity contribution >= 4 is 45.5 Å². The molecule has 0 bridgehead atoms. The zero-order valence-electron chi connectivity index (χ0n) is 26.7. The van der Waals surface area contributed by atoms with Gasteiger partial charge in [-0.1, -0.05) is 151 Å². The Balaban J connectivity index is 4.52. The summed E-state index contributed by atoms with van der Waals surface area (Å²) < 4.78 is 0. The summed E-state index contributed by atoms with van der Waals surface area (Å²) in [6.07, 6.45) is 1.50. The highest BCUT2D eigenvalue weighted by Crippen LogP contribution is 2.60. The first-order valence-electron chi connectivity index (χ1n) is 13.8. The van der Waals surface area contributed by atoms with Gasteiger partial charge in [-0.2, -0.15) is 0 Å². The van der Waals surface area contributed by atoms with Crippen LogP contribution in [0.2, 0.25) is 92.7 Å². The molecule has 0 aromatic heterocycles. The second-order valence-electron chi connectivity index (χ2n) is 17.6. The molecular formula is C27H64Si6. The molecule has 6 heteroatoms. The summed E-state index contributed by atoms with van der Waals surface area (Å²) in [6.45, 7) is 50.4. The van der Waals surface area contributed by atoms with Crippen LogP contribution >= 0.6 is 0 Å². The molecule has 0 spiro atoms. The van der Waals surface area contributed by atoms with Crippen molar-refractivity contribution < 1.29 is 0 Å². The highest BCUT2D eigenvalue weighted by atomic mass is 29.9. The van der Waals surface area contributed by atoms with Crippen molar-refractivity contribution in [1.29, 1.82) is 0 Å². The molecule has 1 aliphatic heterocycles. The molecule has 0 atom stereocenters.